The fraction of sp³-hybridized carbons (Fsp3) is 0.235. The average Bonchev–Trinajstić information content (AvgIpc) is 2.53. The van der Waals surface area contributed by atoms with E-state index >= 15 is 0 Å². The number of anilines is 2. The Morgan fingerprint density at radius 1 is 1.10 bits per heavy atom. The van der Waals surface area contributed by atoms with Crippen LogP contribution in [0, 0.1) is 0 Å². The van der Waals surface area contributed by atoms with Crippen molar-refractivity contribution in [1.82, 2.24) is 5.32 Å². The first-order chi connectivity index (χ1) is 10.1. The van der Waals surface area contributed by atoms with E-state index < -0.39 is 0 Å². The summed E-state index contributed by atoms with van der Waals surface area (Å²) >= 11 is 0. The number of hydrogen-bond donors (Lipinski definition) is 3. The lowest BCUT2D eigenvalue weighted by molar-refractivity contribution is 0.0963. The van der Waals surface area contributed by atoms with E-state index in [-0.39, 0.29) is 5.91 Å². The monoisotopic (exact) mass is 283 g/mol. The molecule has 1 amide bonds. The molecule has 4 nitrogen and oxygen atoms in total. The molecule has 0 saturated carbocycles. The molecule has 0 aromatic heterocycles. The zero-order valence-electron chi connectivity index (χ0n) is 12.4. The van der Waals surface area contributed by atoms with Gasteiger partial charge in [0.1, 0.15) is 0 Å². The van der Waals surface area contributed by atoms with Gasteiger partial charge in [0.2, 0.25) is 0 Å². The normalized spacial score (nSPS) is 10.2. The first-order valence-electron chi connectivity index (χ1n) is 7.07. The van der Waals surface area contributed by atoms with E-state index in [1.807, 2.05) is 6.07 Å². The molecule has 0 bridgehead atoms. The van der Waals surface area contributed by atoms with E-state index in [9.17, 15) is 4.79 Å². The molecule has 0 aliphatic carbocycles. The molecule has 4 N–H and O–H groups in total. The van der Waals surface area contributed by atoms with Gasteiger partial charge in [-0.3, -0.25) is 4.79 Å². The van der Waals surface area contributed by atoms with Gasteiger partial charge in [-0.1, -0.05) is 31.2 Å². The lowest BCUT2D eigenvalue weighted by Gasteiger charge is -2.11. The minimum absolute atomic E-state index is 0.136. The van der Waals surface area contributed by atoms with Crippen LogP contribution in [0.3, 0.4) is 0 Å². The largest absolute Gasteiger partial charge is 0.397 e. The number of nitrogens with two attached hydrogens (primary N) is 1. The van der Waals surface area contributed by atoms with E-state index in [1.165, 1.54) is 11.1 Å². The summed E-state index contributed by atoms with van der Waals surface area (Å²) in [6.45, 7) is 2.84. The highest BCUT2D eigenvalue weighted by molar-refractivity contribution is 5.95. The molecule has 0 atom stereocenters. The Bertz CT molecular complexity index is 620. The van der Waals surface area contributed by atoms with Crippen LogP contribution >= 0.6 is 0 Å². The van der Waals surface area contributed by atoms with E-state index in [1.54, 1.807) is 19.2 Å². The summed E-state index contributed by atoms with van der Waals surface area (Å²) in [5.41, 5.74) is 10.5. The molecule has 0 saturated heterocycles. The summed E-state index contributed by atoms with van der Waals surface area (Å²) in [6, 6.07) is 13.8. The molecule has 4 heteroatoms. The van der Waals surface area contributed by atoms with E-state index in [0.717, 1.165) is 12.1 Å². The number of benzene rings is 2. The number of carbonyl (C=O) groups excluding carboxylic acids is 1. The summed E-state index contributed by atoms with van der Waals surface area (Å²) in [5.74, 6) is -0.136. The van der Waals surface area contributed by atoms with Crippen LogP contribution in [0.4, 0.5) is 11.4 Å². The van der Waals surface area contributed by atoms with Gasteiger partial charge in [0.25, 0.3) is 5.91 Å². The molecule has 2 rings (SSSR count). The third-order valence-electron chi connectivity index (χ3n) is 3.46. The molecule has 0 fully saturated rings. The Morgan fingerprint density at radius 2 is 1.76 bits per heavy atom. The van der Waals surface area contributed by atoms with Crippen molar-refractivity contribution in [3.05, 3.63) is 59.2 Å². The lowest BCUT2D eigenvalue weighted by atomic mass is 10.1. The molecule has 0 unspecified atom stereocenters. The Kier molecular flexibility index (Phi) is 4.82. The van der Waals surface area contributed by atoms with Crippen molar-refractivity contribution in [3.63, 3.8) is 0 Å². The van der Waals surface area contributed by atoms with Crippen molar-refractivity contribution in [2.24, 2.45) is 0 Å². The van der Waals surface area contributed by atoms with Gasteiger partial charge in [-0.05, 0) is 35.7 Å². The molecule has 0 radical (unpaired) electrons. The highest BCUT2D eigenvalue weighted by Crippen LogP contribution is 2.20. The summed E-state index contributed by atoms with van der Waals surface area (Å²) in [6.07, 6.45) is 1.04. The van der Waals surface area contributed by atoms with Crippen LogP contribution in [-0.4, -0.2) is 13.0 Å². The third-order valence-corrected chi connectivity index (χ3v) is 3.46. The van der Waals surface area contributed by atoms with Gasteiger partial charge in [0.05, 0.1) is 11.4 Å². The molecule has 110 valence electrons. The number of nitrogen functional groups attached to an aromatic ring is 1. The minimum atomic E-state index is -0.136. The Labute approximate surface area is 125 Å². The van der Waals surface area contributed by atoms with Crippen molar-refractivity contribution < 1.29 is 4.79 Å². The molecule has 2 aromatic rings. The Balaban J connectivity index is 2.04. The summed E-state index contributed by atoms with van der Waals surface area (Å²) < 4.78 is 0. The van der Waals surface area contributed by atoms with Crippen molar-refractivity contribution in [2.45, 2.75) is 19.9 Å². The van der Waals surface area contributed by atoms with Gasteiger partial charge in [-0.15, -0.1) is 0 Å². The maximum Gasteiger partial charge on any atom is 0.251 e. The average molecular weight is 283 g/mol. The van der Waals surface area contributed by atoms with E-state index in [0.29, 0.717) is 17.8 Å². The molecular formula is C17H21N3O. The topological polar surface area (TPSA) is 67.2 Å². The SMILES string of the molecule is CCc1ccc(CNc2ccc(C(=O)NC)cc2N)cc1. The fourth-order valence-electron chi connectivity index (χ4n) is 2.10. The van der Waals surface area contributed by atoms with Gasteiger partial charge >= 0.3 is 0 Å². The highest BCUT2D eigenvalue weighted by Gasteiger charge is 2.06. The Morgan fingerprint density at radius 3 is 2.33 bits per heavy atom. The zero-order chi connectivity index (χ0) is 15.2. The highest BCUT2D eigenvalue weighted by atomic mass is 16.1. The smallest absolute Gasteiger partial charge is 0.251 e. The standard InChI is InChI=1S/C17H21N3O/c1-3-12-4-6-13(7-5-12)11-20-16-9-8-14(10-15(16)18)17(21)19-2/h4-10,20H,3,11,18H2,1-2H3,(H,19,21). The van der Waals surface area contributed by atoms with Gasteiger partial charge in [-0.25, -0.2) is 0 Å². The first kappa shape index (κ1) is 14.9. The van der Waals surface area contributed by atoms with Crippen LogP contribution in [-0.2, 0) is 13.0 Å². The predicted molar refractivity (Wildman–Crippen MR) is 87.4 cm³/mol. The lowest BCUT2D eigenvalue weighted by Crippen LogP contribution is -2.18. The van der Waals surface area contributed by atoms with E-state index in [4.69, 9.17) is 5.73 Å². The van der Waals surface area contributed by atoms with Crippen LogP contribution in [0.1, 0.15) is 28.4 Å². The maximum atomic E-state index is 11.5. The summed E-state index contributed by atoms with van der Waals surface area (Å²) in [4.78, 5) is 11.5. The summed E-state index contributed by atoms with van der Waals surface area (Å²) in [5, 5.41) is 5.88. The van der Waals surface area contributed by atoms with Crippen molar-refractivity contribution >= 4 is 17.3 Å². The van der Waals surface area contributed by atoms with Crippen molar-refractivity contribution in [1.29, 1.82) is 0 Å². The first-order valence-corrected chi connectivity index (χ1v) is 7.07. The number of aryl methyl sites for hydroxylation is 1. The maximum absolute atomic E-state index is 11.5. The molecule has 0 spiro atoms. The minimum Gasteiger partial charge on any atom is -0.397 e. The third kappa shape index (κ3) is 3.75. The molecule has 21 heavy (non-hydrogen) atoms. The summed E-state index contributed by atoms with van der Waals surface area (Å²) in [7, 11) is 1.60. The van der Waals surface area contributed by atoms with Crippen LogP contribution < -0.4 is 16.4 Å². The Hall–Kier alpha value is -2.49. The van der Waals surface area contributed by atoms with Crippen molar-refractivity contribution in [3.8, 4) is 0 Å². The van der Waals surface area contributed by atoms with Crippen molar-refractivity contribution in [2.75, 3.05) is 18.1 Å². The number of rotatable bonds is 5. The fourth-order valence-corrected chi connectivity index (χ4v) is 2.10. The number of carbonyl (C=O) groups is 1. The van der Waals surface area contributed by atoms with Crippen LogP contribution in [0.15, 0.2) is 42.5 Å². The number of amides is 1. The second kappa shape index (κ2) is 6.79. The quantitative estimate of drug-likeness (QED) is 0.739. The molecule has 2 aromatic carbocycles. The number of nitrogens with one attached hydrogen (secondary N) is 2. The molecule has 0 heterocycles. The van der Waals surface area contributed by atoms with E-state index in [2.05, 4.69) is 41.8 Å². The molecule has 0 aliphatic rings. The second-order valence-electron chi connectivity index (χ2n) is 4.90. The van der Waals surface area contributed by atoms with Gasteiger partial charge in [0.15, 0.2) is 0 Å². The van der Waals surface area contributed by atoms with Gasteiger partial charge < -0.3 is 16.4 Å². The second-order valence-corrected chi connectivity index (χ2v) is 4.90. The predicted octanol–water partition coefficient (Wildman–Crippen LogP) is 2.80. The number of hydrogen-bond acceptors (Lipinski definition) is 3. The van der Waals surface area contributed by atoms with Gasteiger partial charge in [-0.2, -0.15) is 0 Å². The van der Waals surface area contributed by atoms with Crippen LogP contribution in [0.25, 0.3) is 0 Å². The molecule has 0 aliphatic heterocycles. The zero-order valence-corrected chi connectivity index (χ0v) is 12.4. The van der Waals surface area contributed by atoms with Gasteiger partial charge in [0, 0.05) is 19.2 Å². The van der Waals surface area contributed by atoms with Crippen LogP contribution in [0.2, 0.25) is 0 Å². The molecular weight excluding hydrogens is 262 g/mol. The van der Waals surface area contributed by atoms with Crippen LogP contribution in [0.5, 0.6) is 0 Å².